The van der Waals surface area contributed by atoms with E-state index in [9.17, 15) is 0 Å². The molecular formula is C7H13KO2. The van der Waals surface area contributed by atoms with Crippen molar-refractivity contribution in [2.45, 2.75) is 12.8 Å². The van der Waals surface area contributed by atoms with E-state index in [1.54, 1.807) is 0 Å². The molecule has 0 aromatic heterocycles. The van der Waals surface area contributed by atoms with E-state index in [0.717, 1.165) is 19.8 Å². The maximum Gasteiger partial charge on any atom is 1.00 e. The summed E-state index contributed by atoms with van der Waals surface area (Å²) in [5, 5.41) is 0. The SMILES string of the molecule is [CH2-]OCC1CCCOC1.[K+]. The van der Waals surface area contributed by atoms with Crippen LogP contribution in [0.15, 0.2) is 0 Å². The average Bonchev–Trinajstić information content (AvgIpc) is 1.91. The third kappa shape index (κ3) is 4.44. The van der Waals surface area contributed by atoms with Crippen molar-refractivity contribution in [2.75, 3.05) is 19.8 Å². The average molecular weight is 168 g/mol. The minimum atomic E-state index is 0. The van der Waals surface area contributed by atoms with Crippen molar-refractivity contribution in [3.63, 3.8) is 0 Å². The van der Waals surface area contributed by atoms with Crippen LogP contribution in [0.3, 0.4) is 0 Å². The molecular weight excluding hydrogens is 155 g/mol. The minimum absolute atomic E-state index is 0. The number of hydrogen-bond donors (Lipinski definition) is 0. The molecule has 1 rings (SSSR count). The monoisotopic (exact) mass is 168 g/mol. The molecule has 0 aliphatic carbocycles. The van der Waals surface area contributed by atoms with E-state index >= 15 is 0 Å². The van der Waals surface area contributed by atoms with Gasteiger partial charge < -0.3 is 9.47 Å². The van der Waals surface area contributed by atoms with E-state index in [2.05, 4.69) is 7.11 Å². The van der Waals surface area contributed by atoms with E-state index in [4.69, 9.17) is 9.47 Å². The Morgan fingerprint density at radius 2 is 2.40 bits per heavy atom. The molecule has 1 saturated heterocycles. The summed E-state index contributed by atoms with van der Waals surface area (Å²) in [6.45, 7) is 2.53. The third-order valence-corrected chi connectivity index (χ3v) is 1.61. The third-order valence-electron chi connectivity index (χ3n) is 1.61. The van der Waals surface area contributed by atoms with Gasteiger partial charge in [-0.05, 0) is 12.8 Å². The Kier molecular flexibility index (Phi) is 8.34. The summed E-state index contributed by atoms with van der Waals surface area (Å²) in [6.07, 6.45) is 2.41. The second-order valence-corrected chi connectivity index (χ2v) is 2.45. The number of rotatable bonds is 2. The van der Waals surface area contributed by atoms with Gasteiger partial charge in [-0.1, -0.05) is 0 Å². The van der Waals surface area contributed by atoms with E-state index in [1.165, 1.54) is 12.8 Å². The molecule has 0 aromatic rings. The zero-order chi connectivity index (χ0) is 6.53. The Hall–Kier alpha value is 1.56. The van der Waals surface area contributed by atoms with Crippen molar-refractivity contribution in [3.8, 4) is 0 Å². The van der Waals surface area contributed by atoms with Gasteiger partial charge >= 0.3 is 51.4 Å². The quantitative estimate of drug-likeness (QED) is 0.359. The molecule has 0 spiro atoms. The van der Waals surface area contributed by atoms with Gasteiger partial charge in [-0.3, -0.25) is 0 Å². The van der Waals surface area contributed by atoms with E-state index in [1.807, 2.05) is 0 Å². The molecule has 0 N–H and O–H groups in total. The van der Waals surface area contributed by atoms with Crippen LogP contribution in [0.4, 0.5) is 0 Å². The van der Waals surface area contributed by atoms with E-state index in [-0.39, 0.29) is 51.4 Å². The van der Waals surface area contributed by atoms with Crippen LogP contribution in [-0.4, -0.2) is 19.8 Å². The van der Waals surface area contributed by atoms with Crippen LogP contribution in [-0.2, 0) is 9.47 Å². The Labute approximate surface area is 105 Å². The van der Waals surface area contributed by atoms with Crippen LogP contribution >= 0.6 is 0 Å². The zero-order valence-electron chi connectivity index (χ0n) is 6.64. The van der Waals surface area contributed by atoms with Crippen molar-refractivity contribution >= 4 is 0 Å². The van der Waals surface area contributed by atoms with Gasteiger partial charge in [-0.2, -0.15) is 0 Å². The van der Waals surface area contributed by atoms with Crippen LogP contribution in [0.5, 0.6) is 0 Å². The Morgan fingerprint density at radius 3 is 2.90 bits per heavy atom. The second-order valence-electron chi connectivity index (χ2n) is 2.45. The summed E-state index contributed by atoms with van der Waals surface area (Å²) in [6, 6.07) is 0. The molecule has 54 valence electrons. The van der Waals surface area contributed by atoms with Gasteiger partial charge in [0.1, 0.15) is 0 Å². The molecule has 1 aliphatic rings. The molecule has 0 aromatic carbocycles. The zero-order valence-corrected chi connectivity index (χ0v) is 9.76. The predicted octanol–water partition coefficient (Wildman–Crippen LogP) is -1.77. The van der Waals surface area contributed by atoms with Gasteiger partial charge in [0.15, 0.2) is 0 Å². The summed E-state index contributed by atoms with van der Waals surface area (Å²) < 4.78 is 9.98. The van der Waals surface area contributed by atoms with Gasteiger partial charge in [0.2, 0.25) is 0 Å². The van der Waals surface area contributed by atoms with Crippen LogP contribution < -0.4 is 51.4 Å². The first-order valence-corrected chi connectivity index (χ1v) is 3.38. The number of ether oxygens (including phenoxy) is 2. The maximum absolute atomic E-state index is 5.23. The smallest absolute Gasteiger partial charge is 0.555 e. The molecule has 1 aliphatic heterocycles. The van der Waals surface area contributed by atoms with Gasteiger partial charge in [-0.25, -0.2) is 7.11 Å². The maximum atomic E-state index is 5.23. The fourth-order valence-electron chi connectivity index (χ4n) is 1.11. The first-order chi connectivity index (χ1) is 4.43. The van der Waals surface area contributed by atoms with Crippen LogP contribution in [0, 0.1) is 13.0 Å². The summed E-state index contributed by atoms with van der Waals surface area (Å²) in [7, 11) is 3.32. The van der Waals surface area contributed by atoms with Crippen molar-refractivity contribution in [1.82, 2.24) is 0 Å². The molecule has 1 heterocycles. The van der Waals surface area contributed by atoms with Gasteiger partial charge in [0, 0.05) is 19.1 Å². The minimum Gasteiger partial charge on any atom is -0.555 e. The van der Waals surface area contributed by atoms with Crippen molar-refractivity contribution < 1.29 is 60.9 Å². The van der Waals surface area contributed by atoms with Gasteiger partial charge in [0.05, 0.1) is 6.61 Å². The molecule has 0 radical (unpaired) electrons. The summed E-state index contributed by atoms with van der Waals surface area (Å²) in [4.78, 5) is 0. The fourth-order valence-corrected chi connectivity index (χ4v) is 1.11. The van der Waals surface area contributed by atoms with E-state index < -0.39 is 0 Å². The molecule has 10 heavy (non-hydrogen) atoms. The largest absolute Gasteiger partial charge is 1.00 e. The predicted molar refractivity (Wildman–Crippen MR) is 34.9 cm³/mol. The summed E-state index contributed by atoms with van der Waals surface area (Å²) in [5.41, 5.74) is 0. The molecule has 1 fully saturated rings. The molecule has 0 bridgehead atoms. The Balaban J connectivity index is 0.000000810. The number of hydrogen-bond acceptors (Lipinski definition) is 2. The topological polar surface area (TPSA) is 18.5 Å². The standard InChI is InChI=1S/C7H13O2.K/c1-8-5-7-3-2-4-9-6-7;/h7H,1-6H2;/q-1;+1. The molecule has 2 nitrogen and oxygen atoms in total. The normalized spacial score (nSPS) is 25.5. The summed E-state index contributed by atoms with van der Waals surface area (Å²) >= 11 is 0. The summed E-state index contributed by atoms with van der Waals surface area (Å²) in [5.74, 6) is 0.594. The first kappa shape index (κ1) is 11.6. The van der Waals surface area contributed by atoms with Crippen molar-refractivity contribution in [3.05, 3.63) is 7.11 Å². The first-order valence-electron chi connectivity index (χ1n) is 3.38. The molecule has 3 heteroatoms. The van der Waals surface area contributed by atoms with Crippen LogP contribution in [0.1, 0.15) is 12.8 Å². The molecule has 0 saturated carbocycles. The van der Waals surface area contributed by atoms with Gasteiger partial charge in [-0.15, -0.1) is 0 Å². The van der Waals surface area contributed by atoms with Crippen molar-refractivity contribution in [1.29, 1.82) is 0 Å². The second kappa shape index (κ2) is 7.22. The van der Waals surface area contributed by atoms with Gasteiger partial charge in [0.25, 0.3) is 0 Å². The van der Waals surface area contributed by atoms with Crippen molar-refractivity contribution in [2.24, 2.45) is 5.92 Å². The Bertz CT molecular complexity index is 69.3. The molecule has 0 amide bonds. The van der Waals surface area contributed by atoms with E-state index in [0.29, 0.717) is 5.92 Å². The molecule has 1 atom stereocenters. The Morgan fingerprint density at radius 1 is 1.60 bits per heavy atom. The molecule has 1 unspecified atom stereocenters. The fraction of sp³-hybridized carbons (Fsp3) is 0.857. The van der Waals surface area contributed by atoms with Crippen LogP contribution in [0.25, 0.3) is 0 Å². The van der Waals surface area contributed by atoms with Crippen LogP contribution in [0.2, 0.25) is 0 Å².